The molecule has 0 saturated heterocycles. The van der Waals surface area contributed by atoms with E-state index in [2.05, 4.69) is 27.8 Å². The van der Waals surface area contributed by atoms with Crippen LogP contribution in [0.3, 0.4) is 0 Å². The summed E-state index contributed by atoms with van der Waals surface area (Å²) < 4.78 is 4.50. The van der Waals surface area contributed by atoms with Gasteiger partial charge in [-0.2, -0.15) is 0 Å². The van der Waals surface area contributed by atoms with Crippen LogP contribution in [0.5, 0.6) is 0 Å². The van der Waals surface area contributed by atoms with Gasteiger partial charge in [-0.3, -0.25) is 4.79 Å². The Bertz CT molecular complexity index is 115. The monoisotopic (exact) mass is 162 g/mol. The number of hydrogen-bond acceptors (Lipinski definition) is 2. The summed E-state index contributed by atoms with van der Waals surface area (Å²) in [5.41, 5.74) is 0. The lowest BCUT2D eigenvalue weighted by molar-refractivity contribution is -0.140. The summed E-state index contributed by atoms with van der Waals surface area (Å²) in [5.74, 6) is -0.129. The van der Waals surface area contributed by atoms with E-state index in [1.807, 2.05) is 0 Å². The van der Waals surface area contributed by atoms with Gasteiger partial charge in [-0.1, -0.05) is 13.8 Å². The molecule has 0 aromatic carbocycles. The lowest BCUT2D eigenvalue weighted by Crippen LogP contribution is -2.12. The van der Waals surface area contributed by atoms with Crippen LogP contribution in [0.25, 0.3) is 0 Å². The first-order valence-corrected chi connectivity index (χ1v) is 3.89. The largest absolute Gasteiger partial charge is 0.469 e. The maximum atomic E-state index is 10.6. The highest BCUT2D eigenvalue weighted by Crippen LogP contribution is 2.22. The summed E-state index contributed by atoms with van der Waals surface area (Å²) in [5, 5.41) is 0.147. The molecule has 0 bridgehead atoms. The second-order valence-electron chi connectivity index (χ2n) is 3.06. The van der Waals surface area contributed by atoms with E-state index in [4.69, 9.17) is 0 Å². The average Bonchev–Trinajstić information content (AvgIpc) is 1.81. The summed E-state index contributed by atoms with van der Waals surface area (Å²) in [6.45, 7) is 4.14. The highest BCUT2D eigenvalue weighted by molar-refractivity contribution is 7.18. The van der Waals surface area contributed by atoms with Gasteiger partial charge in [0.25, 0.3) is 0 Å². The van der Waals surface area contributed by atoms with Crippen LogP contribution in [0.15, 0.2) is 0 Å². The van der Waals surface area contributed by atoms with Crippen molar-refractivity contribution in [3.05, 3.63) is 0 Å². The zero-order valence-corrected chi connectivity index (χ0v) is 7.96. The predicted molar refractivity (Wildman–Crippen MR) is 45.0 cm³/mol. The Morgan fingerprint density at radius 1 is 1.60 bits per heavy atom. The van der Waals surface area contributed by atoms with E-state index in [1.165, 1.54) is 7.11 Å². The van der Waals surface area contributed by atoms with E-state index in [1.54, 1.807) is 0 Å². The molecule has 10 heavy (non-hydrogen) atoms. The molecule has 0 spiro atoms. The van der Waals surface area contributed by atoms with E-state index in [9.17, 15) is 4.79 Å². The third kappa shape index (κ3) is 6.03. The molecular weight excluding hydrogens is 147 g/mol. The van der Waals surface area contributed by atoms with Crippen LogP contribution in [-0.2, 0) is 9.53 Å². The van der Waals surface area contributed by atoms with Crippen LogP contribution in [0.1, 0.15) is 26.7 Å². The Balaban J connectivity index is 3.46. The van der Waals surface area contributed by atoms with Crippen molar-refractivity contribution in [3.63, 3.8) is 0 Å². The molecule has 0 radical (unpaired) electrons. The molecule has 0 saturated carbocycles. The van der Waals surface area contributed by atoms with Gasteiger partial charge in [0.1, 0.15) is 0 Å². The minimum Gasteiger partial charge on any atom is -0.469 e. The number of carbonyl (C=O) groups excluding carboxylic acids is 1. The minimum absolute atomic E-state index is 0.129. The predicted octanol–water partition coefficient (Wildman–Crippen LogP) is 1.59. The van der Waals surface area contributed by atoms with Crippen molar-refractivity contribution in [2.24, 2.45) is 0 Å². The van der Waals surface area contributed by atoms with Gasteiger partial charge in [-0.15, -0.1) is 9.24 Å². The molecule has 0 amide bonds. The first-order valence-electron chi connectivity index (χ1n) is 3.31. The van der Waals surface area contributed by atoms with E-state index < -0.39 is 0 Å². The summed E-state index contributed by atoms with van der Waals surface area (Å²) >= 11 is 0. The van der Waals surface area contributed by atoms with Gasteiger partial charge in [0.15, 0.2) is 0 Å². The molecule has 1 unspecified atom stereocenters. The van der Waals surface area contributed by atoms with E-state index in [-0.39, 0.29) is 11.1 Å². The van der Waals surface area contributed by atoms with Gasteiger partial charge in [0.2, 0.25) is 0 Å². The topological polar surface area (TPSA) is 26.3 Å². The van der Waals surface area contributed by atoms with Crippen LogP contribution >= 0.6 is 9.24 Å². The lowest BCUT2D eigenvalue weighted by atomic mass is 10.1. The Morgan fingerprint density at radius 2 is 2.10 bits per heavy atom. The van der Waals surface area contributed by atoms with Crippen molar-refractivity contribution in [3.8, 4) is 0 Å². The number of methoxy groups -OCH3 is 1. The molecule has 3 heteroatoms. The van der Waals surface area contributed by atoms with Crippen LogP contribution in [-0.4, -0.2) is 18.2 Å². The zero-order chi connectivity index (χ0) is 8.20. The van der Waals surface area contributed by atoms with Gasteiger partial charge in [-0.05, 0) is 11.6 Å². The first kappa shape index (κ1) is 9.90. The molecule has 0 fully saturated rings. The fraction of sp³-hybridized carbons (Fsp3) is 0.857. The molecule has 0 N–H and O–H groups in total. The van der Waals surface area contributed by atoms with Crippen molar-refractivity contribution in [2.45, 2.75) is 31.8 Å². The summed E-state index contributed by atoms with van der Waals surface area (Å²) in [6, 6.07) is 0. The van der Waals surface area contributed by atoms with Gasteiger partial charge >= 0.3 is 5.97 Å². The summed E-state index contributed by atoms with van der Waals surface area (Å²) in [7, 11) is 4.11. The van der Waals surface area contributed by atoms with Gasteiger partial charge in [0, 0.05) is 6.42 Å². The second kappa shape index (κ2) is 3.92. The molecule has 60 valence electrons. The molecule has 0 heterocycles. The average molecular weight is 162 g/mol. The maximum absolute atomic E-state index is 10.6. The fourth-order valence-corrected chi connectivity index (χ4v) is 0.671. The van der Waals surface area contributed by atoms with E-state index >= 15 is 0 Å². The molecule has 1 atom stereocenters. The quantitative estimate of drug-likeness (QED) is 0.465. The third-order valence-electron chi connectivity index (χ3n) is 1.20. The normalized spacial score (nSPS) is 11.2. The van der Waals surface area contributed by atoms with Gasteiger partial charge in [0.05, 0.1) is 7.11 Å². The number of hydrogen-bond donors (Lipinski definition) is 0. The zero-order valence-electron chi connectivity index (χ0n) is 6.81. The van der Waals surface area contributed by atoms with Gasteiger partial charge < -0.3 is 4.74 Å². The fourth-order valence-electron chi connectivity index (χ4n) is 0.526. The lowest BCUT2D eigenvalue weighted by Gasteiger charge is -2.16. The third-order valence-corrected chi connectivity index (χ3v) is 1.49. The number of carbonyl (C=O) groups is 1. The Morgan fingerprint density at radius 3 is 2.40 bits per heavy atom. The molecule has 0 aliphatic rings. The molecule has 2 nitrogen and oxygen atoms in total. The Hall–Kier alpha value is -0.100. The van der Waals surface area contributed by atoms with Crippen LogP contribution in [0, 0.1) is 0 Å². The number of rotatable bonds is 3. The molecule has 0 aromatic heterocycles. The van der Waals surface area contributed by atoms with Gasteiger partial charge in [-0.25, -0.2) is 0 Å². The van der Waals surface area contributed by atoms with E-state index in [0.29, 0.717) is 6.42 Å². The van der Waals surface area contributed by atoms with Crippen molar-refractivity contribution in [2.75, 3.05) is 7.11 Å². The molecule has 0 rings (SSSR count). The SMILES string of the molecule is COC(=O)CCC(C)(C)P. The molecule has 0 aliphatic carbocycles. The second-order valence-corrected chi connectivity index (χ2v) is 4.63. The highest BCUT2D eigenvalue weighted by Gasteiger charge is 2.12. The van der Waals surface area contributed by atoms with Crippen molar-refractivity contribution < 1.29 is 9.53 Å². The standard InChI is InChI=1S/C7H15O2P/c1-7(2,10)5-4-6(8)9-3/h4-5,10H2,1-3H3. The highest BCUT2D eigenvalue weighted by atomic mass is 31.0. The van der Waals surface area contributed by atoms with Crippen molar-refractivity contribution in [1.29, 1.82) is 0 Å². The molecule has 0 aromatic rings. The molecule has 0 aliphatic heterocycles. The van der Waals surface area contributed by atoms with Crippen molar-refractivity contribution >= 4 is 15.2 Å². The Labute approximate surface area is 64.5 Å². The Kier molecular flexibility index (Phi) is 3.88. The summed E-state index contributed by atoms with van der Waals surface area (Å²) in [4.78, 5) is 10.6. The maximum Gasteiger partial charge on any atom is 0.305 e. The number of esters is 1. The first-order chi connectivity index (χ1) is 4.45. The summed E-state index contributed by atoms with van der Waals surface area (Å²) in [6.07, 6.45) is 1.36. The minimum atomic E-state index is -0.129. The van der Waals surface area contributed by atoms with Crippen LogP contribution < -0.4 is 0 Å². The van der Waals surface area contributed by atoms with Crippen LogP contribution in [0.4, 0.5) is 0 Å². The van der Waals surface area contributed by atoms with Crippen LogP contribution in [0.2, 0.25) is 0 Å². The van der Waals surface area contributed by atoms with E-state index in [0.717, 1.165) is 6.42 Å². The smallest absolute Gasteiger partial charge is 0.305 e. The van der Waals surface area contributed by atoms with Crippen molar-refractivity contribution in [1.82, 2.24) is 0 Å². The molecular formula is C7H15O2P. The number of ether oxygens (including phenoxy) is 1.